The van der Waals surface area contributed by atoms with E-state index in [0.717, 1.165) is 17.1 Å². The molecule has 0 fully saturated rings. The number of fused-ring (bicyclic) bond motifs is 8. The Morgan fingerprint density at radius 1 is 0.477 bits per heavy atom. The molecule has 2 aromatic heterocycles. The van der Waals surface area contributed by atoms with Crippen molar-refractivity contribution >= 4 is 80.9 Å². The van der Waals surface area contributed by atoms with Crippen LogP contribution < -0.4 is 4.90 Å². The largest absolute Gasteiger partial charge is 0.310 e. The fourth-order valence-electron chi connectivity index (χ4n) is 6.75. The highest BCUT2D eigenvalue weighted by Crippen LogP contribution is 2.45. The zero-order chi connectivity index (χ0) is 29.0. The van der Waals surface area contributed by atoms with Gasteiger partial charge in [-0.15, -0.1) is 11.3 Å². The molecule has 0 spiro atoms. The predicted molar refractivity (Wildman–Crippen MR) is 190 cm³/mol. The van der Waals surface area contributed by atoms with E-state index in [1.807, 2.05) is 23.7 Å². The molecule has 3 heteroatoms. The minimum atomic E-state index is 1.12. The van der Waals surface area contributed by atoms with Gasteiger partial charge in [0.1, 0.15) is 0 Å². The quantitative estimate of drug-likeness (QED) is 0.193. The van der Waals surface area contributed by atoms with E-state index in [0.29, 0.717) is 0 Å². The van der Waals surface area contributed by atoms with Gasteiger partial charge in [0.25, 0.3) is 0 Å². The second-order valence-electron chi connectivity index (χ2n) is 11.2. The van der Waals surface area contributed by atoms with Crippen molar-refractivity contribution in [2.75, 3.05) is 4.90 Å². The Morgan fingerprint density at radius 3 is 2.07 bits per heavy atom. The number of thiophene rings is 1. The van der Waals surface area contributed by atoms with Gasteiger partial charge in [-0.2, -0.15) is 0 Å². The van der Waals surface area contributed by atoms with Gasteiger partial charge in [0.05, 0.1) is 5.69 Å². The molecule has 0 saturated heterocycles. The summed E-state index contributed by atoms with van der Waals surface area (Å²) < 4.78 is 2.51. The van der Waals surface area contributed by atoms with E-state index in [2.05, 4.69) is 155 Å². The van der Waals surface area contributed by atoms with Crippen molar-refractivity contribution in [3.63, 3.8) is 0 Å². The number of anilines is 3. The summed E-state index contributed by atoms with van der Waals surface area (Å²) in [7, 11) is 0. The first-order valence-electron chi connectivity index (χ1n) is 14.9. The number of pyridine rings is 1. The molecule has 44 heavy (non-hydrogen) atoms. The van der Waals surface area contributed by atoms with Gasteiger partial charge in [0.2, 0.25) is 0 Å². The third-order valence-electron chi connectivity index (χ3n) is 8.71. The zero-order valence-electron chi connectivity index (χ0n) is 23.8. The SMILES string of the molecule is c1ccc(N(c2ccc(-c3cc4ccc5ccccc5c4c4ccccc34)cc2)c2cccc3sc4ccncc4c23)cc1. The van der Waals surface area contributed by atoms with E-state index in [9.17, 15) is 0 Å². The number of para-hydroxylation sites is 1. The number of benzene rings is 7. The molecule has 0 bridgehead atoms. The Morgan fingerprint density at radius 2 is 1.20 bits per heavy atom. The van der Waals surface area contributed by atoms with E-state index in [1.54, 1.807) is 0 Å². The summed E-state index contributed by atoms with van der Waals surface area (Å²) in [5, 5.41) is 10.1. The van der Waals surface area contributed by atoms with Crippen LogP contribution in [0.5, 0.6) is 0 Å². The molecule has 0 unspecified atom stereocenters. The molecule has 9 aromatic rings. The fraction of sp³-hybridized carbons (Fsp3) is 0. The van der Waals surface area contributed by atoms with Crippen LogP contribution in [0, 0.1) is 0 Å². The lowest BCUT2D eigenvalue weighted by atomic mass is 9.90. The average Bonchev–Trinajstić information content (AvgIpc) is 3.48. The van der Waals surface area contributed by atoms with Crippen molar-refractivity contribution in [1.29, 1.82) is 0 Å². The summed E-state index contributed by atoms with van der Waals surface area (Å²) in [5.74, 6) is 0. The summed E-state index contributed by atoms with van der Waals surface area (Å²) >= 11 is 1.82. The third-order valence-corrected chi connectivity index (χ3v) is 9.85. The Labute approximate surface area is 259 Å². The lowest BCUT2D eigenvalue weighted by molar-refractivity contribution is 1.30. The topological polar surface area (TPSA) is 16.1 Å². The van der Waals surface area contributed by atoms with Crippen LogP contribution in [0.1, 0.15) is 0 Å². The molecule has 2 nitrogen and oxygen atoms in total. The van der Waals surface area contributed by atoms with Crippen LogP contribution in [0.3, 0.4) is 0 Å². The van der Waals surface area contributed by atoms with Crippen molar-refractivity contribution in [2.24, 2.45) is 0 Å². The number of hydrogen-bond acceptors (Lipinski definition) is 3. The molecule has 9 rings (SSSR count). The summed E-state index contributed by atoms with van der Waals surface area (Å²) in [4.78, 5) is 6.85. The molecule has 0 aliphatic rings. The first-order valence-corrected chi connectivity index (χ1v) is 15.7. The normalized spacial score (nSPS) is 11.6. The van der Waals surface area contributed by atoms with Crippen LogP contribution in [0.25, 0.3) is 63.6 Å². The average molecular weight is 579 g/mol. The van der Waals surface area contributed by atoms with E-state index in [-0.39, 0.29) is 0 Å². The van der Waals surface area contributed by atoms with Crippen LogP contribution in [0.2, 0.25) is 0 Å². The zero-order valence-corrected chi connectivity index (χ0v) is 24.6. The summed E-state index contributed by atoms with van der Waals surface area (Å²) in [6.45, 7) is 0. The molecular formula is C41H26N2S. The summed E-state index contributed by atoms with van der Waals surface area (Å²) in [6, 6.07) is 52.8. The lowest BCUT2D eigenvalue weighted by Crippen LogP contribution is -2.10. The maximum Gasteiger partial charge on any atom is 0.0555 e. The highest BCUT2D eigenvalue weighted by atomic mass is 32.1. The molecule has 0 radical (unpaired) electrons. The van der Waals surface area contributed by atoms with Crippen molar-refractivity contribution in [1.82, 2.24) is 4.98 Å². The molecule has 206 valence electrons. The molecule has 0 aliphatic heterocycles. The van der Waals surface area contributed by atoms with Crippen molar-refractivity contribution in [2.45, 2.75) is 0 Å². The molecule has 0 aliphatic carbocycles. The second kappa shape index (κ2) is 10.0. The highest BCUT2D eigenvalue weighted by molar-refractivity contribution is 7.25. The van der Waals surface area contributed by atoms with Crippen molar-refractivity contribution < 1.29 is 0 Å². The maximum atomic E-state index is 4.48. The van der Waals surface area contributed by atoms with Gasteiger partial charge >= 0.3 is 0 Å². The number of hydrogen-bond donors (Lipinski definition) is 0. The van der Waals surface area contributed by atoms with E-state index in [1.165, 1.54) is 63.6 Å². The van der Waals surface area contributed by atoms with Gasteiger partial charge in [-0.1, -0.05) is 97.1 Å². The van der Waals surface area contributed by atoms with Crippen LogP contribution in [-0.4, -0.2) is 4.98 Å². The first kappa shape index (κ1) is 25.0. The van der Waals surface area contributed by atoms with Crippen LogP contribution in [0.4, 0.5) is 17.1 Å². The van der Waals surface area contributed by atoms with Gasteiger partial charge in [0.15, 0.2) is 0 Å². The monoisotopic (exact) mass is 578 g/mol. The van der Waals surface area contributed by atoms with Gasteiger partial charge in [0, 0.05) is 43.9 Å². The van der Waals surface area contributed by atoms with Gasteiger partial charge in [-0.05, 0) is 92.0 Å². The minimum Gasteiger partial charge on any atom is -0.310 e. The van der Waals surface area contributed by atoms with E-state index in [4.69, 9.17) is 0 Å². The minimum absolute atomic E-state index is 1.12. The number of rotatable bonds is 4. The molecule has 2 heterocycles. The van der Waals surface area contributed by atoms with Gasteiger partial charge in [-0.25, -0.2) is 0 Å². The van der Waals surface area contributed by atoms with Crippen LogP contribution in [0.15, 0.2) is 158 Å². The smallest absolute Gasteiger partial charge is 0.0555 e. The van der Waals surface area contributed by atoms with Crippen LogP contribution >= 0.6 is 11.3 Å². The first-order chi connectivity index (χ1) is 21.8. The molecular weight excluding hydrogens is 553 g/mol. The summed E-state index contributed by atoms with van der Waals surface area (Å²) in [5.41, 5.74) is 5.85. The van der Waals surface area contributed by atoms with E-state index >= 15 is 0 Å². The molecule has 0 saturated carbocycles. The maximum absolute atomic E-state index is 4.48. The molecule has 0 atom stereocenters. The molecule has 7 aromatic carbocycles. The Hall–Kier alpha value is -5.51. The predicted octanol–water partition coefficient (Wildman–Crippen LogP) is 12.0. The Bertz CT molecular complexity index is 2490. The lowest BCUT2D eigenvalue weighted by Gasteiger charge is -2.26. The van der Waals surface area contributed by atoms with Crippen molar-refractivity contribution in [3.05, 3.63) is 158 Å². The molecule has 0 amide bonds. The van der Waals surface area contributed by atoms with Crippen molar-refractivity contribution in [3.8, 4) is 11.1 Å². The molecule has 0 N–H and O–H groups in total. The fourth-order valence-corrected chi connectivity index (χ4v) is 7.84. The number of nitrogens with zero attached hydrogens (tertiary/aromatic N) is 2. The Kier molecular flexibility index (Phi) is 5.71. The third kappa shape index (κ3) is 3.90. The van der Waals surface area contributed by atoms with E-state index < -0.39 is 0 Å². The van der Waals surface area contributed by atoms with Gasteiger partial charge < -0.3 is 4.90 Å². The van der Waals surface area contributed by atoms with Crippen LogP contribution in [-0.2, 0) is 0 Å². The summed E-state index contributed by atoms with van der Waals surface area (Å²) in [6.07, 6.45) is 3.88. The Balaban J connectivity index is 1.23. The number of aromatic nitrogens is 1. The highest BCUT2D eigenvalue weighted by Gasteiger charge is 2.19. The second-order valence-corrected chi connectivity index (χ2v) is 12.3. The van der Waals surface area contributed by atoms with Gasteiger partial charge in [-0.3, -0.25) is 4.98 Å². The standard InChI is InChI=1S/C41H26N2S/c1-2-10-30(11-3-1)43(37-15-8-16-39-41(37)36-26-42-24-23-38(36)44-39)31-21-19-28(20-22-31)35-25-29-18-17-27-9-4-5-12-32(27)40(29)34-14-7-6-13-33(34)35/h1-26H.